The molecule has 1 aromatic heterocycles. The predicted molar refractivity (Wildman–Crippen MR) is 119 cm³/mol. The summed E-state index contributed by atoms with van der Waals surface area (Å²) in [6.07, 6.45) is 4.47. The smallest absolute Gasteiger partial charge is 0.273 e. The Labute approximate surface area is 180 Å². The van der Waals surface area contributed by atoms with Crippen LogP contribution in [0.3, 0.4) is 0 Å². The van der Waals surface area contributed by atoms with Crippen molar-refractivity contribution in [3.8, 4) is 0 Å². The number of carbonyl (C=O) groups is 1. The highest BCUT2D eigenvalue weighted by molar-refractivity contribution is 7.89. The number of piperidine rings is 1. The van der Waals surface area contributed by atoms with Gasteiger partial charge in [-0.05, 0) is 49.4 Å². The van der Waals surface area contributed by atoms with Crippen LogP contribution in [0.25, 0.3) is 0 Å². The van der Waals surface area contributed by atoms with Gasteiger partial charge in [-0.25, -0.2) is 12.7 Å². The van der Waals surface area contributed by atoms with Gasteiger partial charge in [0.05, 0.1) is 5.75 Å². The van der Waals surface area contributed by atoms with E-state index in [9.17, 15) is 13.2 Å². The maximum atomic E-state index is 13.4. The van der Waals surface area contributed by atoms with E-state index < -0.39 is 10.0 Å². The summed E-state index contributed by atoms with van der Waals surface area (Å²) >= 11 is 0. The van der Waals surface area contributed by atoms with Crippen LogP contribution in [-0.4, -0.2) is 53.4 Å². The highest BCUT2D eigenvalue weighted by Gasteiger charge is 2.33. The van der Waals surface area contributed by atoms with Gasteiger partial charge in [-0.15, -0.1) is 0 Å². The first kappa shape index (κ1) is 22.4. The number of aryl methyl sites for hydroxylation is 1. The second-order valence-corrected chi connectivity index (χ2v) is 10.0. The van der Waals surface area contributed by atoms with E-state index in [4.69, 9.17) is 0 Å². The highest BCUT2D eigenvalue weighted by atomic mass is 32.2. The molecule has 2 heterocycles. The SMILES string of the molecule is CCCCS(=O)(=O)N1CCC(N(Cc2ccccc2)C(=O)c2cc(C)ccn2)CC1. The van der Waals surface area contributed by atoms with Crippen molar-refractivity contribution in [1.82, 2.24) is 14.2 Å². The standard InChI is InChI=1S/C23H31N3O3S/c1-3-4-16-30(28,29)25-14-11-21(12-15-25)26(18-20-8-6-5-7-9-20)23(27)22-17-19(2)10-13-24-22/h5-10,13,17,21H,3-4,11-12,14-16,18H2,1-2H3. The molecule has 0 saturated carbocycles. The van der Waals surface area contributed by atoms with E-state index in [0.29, 0.717) is 44.6 Å². The average molecular weight is 430 g/mol. The summed E-state index contributed by atoms with van der Waals surface area (Å²) in [5.41, 5.74) is 2.48. The van der Waals surface area contributed by atoms with Crippen LogP contribution in [0, 0.1) is 6.92 Å². The molecule has 1 aliphatic rings. The number of hydrogen-bond acceptors (Lipinski definition) is 4. The van der Waals surface area contributed by atoms with Gasteiger partial charge in [0, 0.05) is 31.9 Å². The summed E-state index contributed by atoms with van der Waals surface area (Å²) in [4.78, 5) is 19.5. The van der Waals surface area contributed by atoms with Crippen LogP contribution in [0.5, 0.6) is 0 Å². The van der Waals surface area contributed by atoms with Crippen molar-refractivity contribution >= 4 is 15.9 Å². The fraction of sp³-hybridized carbons (Fsp3) is 0.478. The molecule has 0 radical (unpaired) electrons. The van der Waals surface area contributed by atoms with Gasteiger partial charge in [-0.3, -0.25) is 9.78 Å². The molecule has 7 heteroatoms. The molecule has 0 unspecified atom stereocenters. The van der Waals surface area contributed by atoms with Crippen LogP contribution in [0.2, 0.25) is 0 Å². The molecule has 0 N–H and O–H groups in total. The number of unbranched alkanes of at least 4 members (excludes halogenated alkanes) is 1. The van der Waals surface area contributed by atoms with Crippen LogP contribution < -0.4 is 0 Å². The molecule has 30 heavy (non-hydrogen) atoms. The topological polar surface area (TPSA) is 70.6 Å². The van der Waals surface area contributed by atoms with Crippen molar-refractivity contribution in [2.24, 2.45) is 0 Å². The molecule has 2 aromatic rings. The van der Waals surface area contributed by atoms with Gasteiger partial charge in [0.15, 0.2) is 0 Å². The van der Waals surface area contributed by atoms with Crippen LogP contribution in [0.1, 0.15) is 54.2 Å². The van der Waals surface area contributed by atoms with Crippen molar-refractivity contribution in [3.63, 3.8) is 0 Å². The lowest BCUT2D eigenvalue weighted by Gasteiger charge is -2.38. The Morgan fingerprint density at radius 1 is 1.17 bits per heavy atom. The minimum absolute atomic E-state index is 0.0161. The number of aromatic nitrogens is 1. The number of carbonyl (C=O) groups excluding carboxylic acids is 1. The Balaban J connectivity index is 1.77. The molecular formula is C23H31N3O3S. The number of benzene rings is 1. The lowest BCUT2D eigenvalue weighted by Crippen LogP contribution is -2.49. The zero-order valence-electron chi connectivity index (χ0n) is 17.8. The molecule has 1 aliphatic heterocycles. The normalized spacial score (nSPS) is 15.8. The van der Waals surface area contributed by atoms with E-state index in [1.165, 1.54) is 0 Å². The summed E-state index contributed by atoms with van der Waals surface area (Å²) in [5.74, 6) is 0.100. The molecule has 3 rings (SSSR count). The molecule has 162 valence electrons. The second-order valence-electron chi connectivity index (χ2n) is 7.94. The van der Waals surface area contributed by atoms with E-state index in [2.05, 4.69) is 4.98 Å². The first-order chi connectivity index (χ1) is 14.4. The monoisotopic (exact) mass is 429 g/mol. The maximum Gasteiger partial charge on any atom is 0.273 e. The maximum absolute atomic E-state index is 13.4. The van der Waals surface area contributed by atoms with Crippen LogP contribution >= 0.6 is 0 Å². The Bertz CT molecular complexity index is 939. The van der Waals surface area contributed by atoms with Crippen molar-refractivity contribution in [2.45, 2.75) is 52.1 Å². The first-order valence-corrected chi connectivity index (χ1v) is 12.3. The number of rotatable bonds is 8. The molecule has 0 atom stereocenters. The summed E-state index contributed by atoms with van der Waals surface area (Å²) < 4.78 is 26.7. The van der Waals surface area contributed by atoms with Crippen molar-refractivity contribution in [3.05, 3.63) is 65.5 Å². The fourth-order valence-corrected chi connectivity index (χ4v) is 5.51. The fourth-order valence-electron chi connectivity index (χ4n) is 3.83. The lowest BCUT2D eigenvalue weighted by molar-refractivity contribution is 0.0590. The summed E-state index contributed by atoms with van der Waals surface area (Å²) in [6, 6.07) is 13.6. The molecule has 0 aliphatic carbocycles. The van der Waals surface area contributed by atoms with Crippen LogP contribution in [-0.2, 0) is 16.6 Å². The van der Waals surface area contributed by atoms with Gasteiger partial charge in [0.1, 0.15) is 5.69 Å². The van der Waals surface area contributed by atoms with E-state index in [-0.39, 0.29) is 17.7 Å². The minimum Gasteiger partial charge on any atom is -0.330 e. The van der Waals surface area contributed by atoms with Gasteiger partial charge in [-0.1, -0.05) is 43.7 Å². The molecule has 0 spiro atoms. The van der Waals surface area contributed by atoms with E-state index in [0.717, 1.165) is 17.5 Å². The summed E-state index contributed by atoms with van der Waals surface area (Å²) in [7, 11) is -3.21. The van der Waals surface area contributed by atoms with Gasteiger partial charge >= 0.3 is 0 Å². The van der Waals surface area contributed by atoms with Crippen LogP contribution in [0.15, 0.2) is 48.7 Å². The third kappa shape index (κ3) is 5.67. The number of nitrogens with zero attached hydrogens (tertiary/aromatic N) is 3. The zero-order valence-corrected chi connectivity index (χ0v) is 18.6. The molecule has 1 amide bonds. The number of pyridine rings is 1. The third-order valence-corrected chi connectivity index (χ3v) is 7.56. The van der Waals surface area contributed by atoms with Gasteiger partial charge in [0.25, 0.3) is 5.91 Å². The first-order valence-electron chi connectivity index (χ1n) is 10.7. The van der Waals surface area contributed by atoms with E-state index >= 15 is 0 Å². The van der Waals surface area contributed by atoms with Gasteiger partial charge < -0.3 is 4.90 Å². The lowest BCUT2D eigenvalue weighted by atomic mass is 10.0. The zero-order chi connectivity index (χ0) is 21.6. The molecule has 1 saturated heterocycles. The molecule has 1 aromatic carbocycles. The second kappa shape index (κ2) is 10.2. The van der Waals surface area contributed by atoms with Gasteiger partial charge in [-0.2, -0.15) is 0 Å². The third-order valence-electron chi connectivity index (χ3n) is 5.60. The number of sulfonamides is 1. The molecular weight excluding hydrogens is 398 g/mol. The van der Waals surface area contributed by atoms with E-state index in [1.807, 2.05) is 61.2 Å². The Morgan fingerprint density at radius 2 is 1.87 bits per heavy atom. The van der Waals surface area contributed by atoms with E-state index in [1.54, 1.807) is 10.5 Å². The Morgan fingerprint density at radius 3 is 2.50 bits per heavy atom. The average Bonchev–Trinajstić information content (AvgIpc) is 2.76. The minimum atomic E-state index is -3.21. The van der Waals surface area contributed by atoms with Crippen molar-refractivity contribution in [2.75, 3.05) is 18.8 Å². The molecule has 1 fully saturated rings. The van der Waals surface area contributed by atoms with Gasteiger partial charge in [0.2, 0.25) is 10.0 Å². The van der Waals surface area contributed by atoms with Crippen LogP contribution in [0.4, 0.5) is 0 Å². The largest absolute Gasteiger partial charge is 0.330 e. The van der Waals surface area contributed by atoms with Crippen molar-refractivity contribution < 1.29 is 13.2 Å². The predicted octanol–water partition coefficient (Wildman–Crippen LogP) is 3.63. The molecule has 6 nitrogen and oxygen atoms in total. The number of amides is 1. The molecule has 0 bridgehead atoms. The number of hydrogen-bond donors (Lipinski definition) is 0. The van der Waals surface area contributed by atoms with Crippen molar-refractivity contribution in [1.29, 1.82) is 0 Å². The highest BCUT2D eigenvalue weighted by Crippen LogP contribution is 2.23. The summed E-state index contributed by atoms with van der Waals surface area (Å²) in [5, 5.41) is 0. The Kier molecular flexibility index (Phi) is 7.61. The quantitative estimate of drug-likeness (QED) is 0.643. The summed E-state index contributed by atoms with van der Waals surface area (Å²) in [6.45, 7) is 5.34. The Hall–Kier alpha value is -2.25.